The first-order valence-electron chi connectivity index (χ1n) is 21.2. The molecule has 0 saturated carbocycles. The SMILES string of the molecule is COCCn1c(C(=O)O)cc2cc(C)cc(N3CC(C)n4c(c(CCCOc5cc(C)c(Cl)c(C)c5)c5ccc(Cl)c(-c6c(C)nc(COCc7ccccc7)nc6C)c54)C3=O)c21. The Hall–Kier alpha value is -5.72. The molecule has 3 aromatic heterocycles. The van der Waals surface area contributed by atoms with E-state index in [1.807, 2.05) is 106 Å². The fourth-order valence-corrected chi connectivity index (χ4v) is 9.54. The molecule has 13 heteroatoms. The molecule has 1 aliphatic heterocycles. The van der Waals surface area contributed by atoms with Crippen molar-refractivity contribution in [2.24, 2.45) is 0 Å². The summed E-state index contributed by atoms with van der Waals surface area (Å²) in [7, 11) is 1.58. The Morgan fingerprint density at radius 3 is 2.27 bits per heavy atom. The Balaban J connectivity index is 1.25. The summed E-state index contributed by atoms with van der Waals surface area (Å²) < 4.78 is 21.6. The van der Waals surface area contributed by atoms with Gasteiger partial charge in [-0.15, -0.1) is 0 Å². The zero-order valence-corrected chi connectivity index (χ0v) is 38.2. The molecule has 0 fully saturated rings. The number of carbonyl (C=O) groups excluding carboxylic acids is 1. The molecule has 0 bridgehead atoms. The number of halogens is 2. The van der Waals surface area contributed by atoms with Gasteiger partial charge < -0.3 is 33.4 Å². The Bertz CT molecular complexity index is 2860. The highest BCUT2D eigenvalue weighted by Gasteiger charge is 2.38. The number of nitrogens with zero attached hydrogens (tertiary/aromatic N) is 5. The minimum atomic E-state index is -1.05. The molecule has 0 radical (unpaired) electrons. The number of rotatable bonds is 15. The zero-order valence-electron chi connectivity index (χ0n) is 36.6. The molecule has 0 aliphatic carbocycles. The molecule has 4 aromatic carbocycles. The van der Waals surface area contributed by atoms with E-state index >= 15 is 4.79 Å². The summed E-state index contributed by atoms with van der Waals surface area (Å²) in [6.45, 7) is 13.9. The van der Waals surface area contributed by atoms with Gasteiger partial charge in [0.05, 0.1) is 41.6 Å². The summed E-state index contributed by atoms with van der Waals surface area (Å²) in [6.07, 6.45) is 1.14. The van der Waals surface area contributed by atoms with Gasteiger partial charge in [0.2, 0.25) is 0 Å². The van der Waals surface area contributed by atoms with Crippen LogP contribution in [0.3, 0.4) is 0 Å². The van der Waals surface area contributed by atoms with E-state index in [9.17, 15) is 9.90 Å². The number of anilines is 1. The fraction of sp³-hybridized carbons (Fsp3) is 0.320. The molecule has 1 N–H and O–H groups in total. The second-order valence-electron chi connectivity index (χ2n) is 16.5. The smallest absolute Gasteiger partial charge is 0.352 e. The molecule has 0 saturated heterocycles. The van der Waals surface area contributed by atoms with Crippen LogP contribution in [0.2, 0.25) is 10.0 Å². The summed E-state index contributed by atoms with van der Waals surface area (Å²) in [4.78, 5) is 39.7. The first kappa shape index (κ1) is 43.9. The second kappa shape index (κ2) is 18.2. The third kappa shape index (κ3) is 8.43. The lowest BCUT2D eigenvalue weighted by Gasteiger charge is -2.35. The molecule has 8 rings (SSSR count). The number of carboxylic acids is 1. The van der Waals surface area contributed by atoms with Crippen LogP contribution in [0.1, 0.15) is 85.4 Å². The predicted octanol–water partition coefficient (Wildman–Crippen LogP) is 11.2. The second-order valence-corrected chi connectivity index (χ2v) is 17.3. The number of ether oxygens (including phenoxy) is 3. The van der Waals surface area contributed by atoms with Crippen LogP contribution in [0, 0.1) is 34.6 Å². The van der Waals surface area contributed by atoms with Gasteiger partial charge in [0.15, 0.2) is 5.82 Å². The quantitative estimate of drug-likeness (QED) is 0.101. The Morgan fingerprint density at radius 1 is 0.873 bits per heavy atom. The van der Waals surface area contributed by atoms with Crippen molar-refractivity contribution in [1.82, 2.24) is 19.1 Å². The van der Waals surface area contributed by atoms with E-state index in [0.717, 1.165) is 77.4 Å². The molecule has 1 atom stereocenters. The summed E-state index contributed by atoms with van der Waals surface area (Å²) in [6, 6.07) is 23.2. The zero-order chi connectivity index (χ0) is 44.7. The number of hydrogen-bond donors (Lipinski definition) is 1. The Kier molecular flexibility index (Phi) is 12.7. The summed E-state index contributed by atoms with van der Waals surface area (Å²) >= 11 is 13.7. The lowest BCUT2D eigenvalue weighted by molar-refractivity contribution is 0.0683. The van der Waals surface area contributed by atoms with Crippen molar-refractivity contribution in [3.63, 3.8) is 0 Å². The van der Waals surface area contributed by atoms with E-state index in [-0.39, 0.29) is 24.2 Å². The third-order valence-electron chi connectivity index (χ3n) is 11.9. The van der Waals surface area contributed by atoms with Crippen LogP contribution >= 0.6 is 23.2 Å². The molecular formula is C50H51Cl2N5O6. The van der Waals surface area contributed by atoms with E-state index in [0.29, 0.717) is 73.5 Å². The van der Waals surface area contributed by atoms with Crippen LogP contribution in [0.5, 0.6) is 5.75 Å². The number of aromatic carboxylic acids is 1. The first-order chi connectivity index (χ1) is 30.3. The van der Waals surface area contributed by atoms with Crippen molar-refractivity contribution >= 4 is 62.6 Å². The average molecular weight is 889 g/mol. The van der Waals surface area contributed by atoms with Crippen molar-refractivity contribution in [2.75, 3.05) is 31.8 Å². The average Bonchev–Trinajstić information content (AvgIpc) is 3.79. The fourth-order valence-electron chi connectivity index (χ4n) is 9.18. The van der Waals surface area contributed by atoms with Gasteiger partial charge in [-0.25, -0.2) is 14.8 Å². The van der Waals surface area contributed by atoms with Crippen LogP contribution in [0.4, 0.5) is 5.69 Å². The maximum Gasteiger partial charge on any atom is 0.352 e. The molecule has 4 heterocycles. The minimum absolute atomic E-state index is 0.133. The van der Waals surface area contributed by atoms with Gasteiger partial charge in [0.25, 0.3) is 5.91 Å². The highest BCUT2D eigenvalue weighted by Crippen LogP contribution is 2.46. The third-order valence-corrected chi connectivity index (χ3v) is 12.8. The maximum atomic E-state index is 15.5. The number of fused-ring (bicyclic) bond motifs is 4. The van der Waals surface area contributed by atoms with Gasteiger partial charge in [-0.2, -0.15) is 0 Å². The van der Waals surface area contributed by atoms with Crippen LogP contribution < -0.4 is 9.64 Å². The molecular weight excluding hydrogens is 837 g/mol. The first-order valence-corrected chi connectivity index (χ1v) is 21.9. The number of hydrogen-bond acceptors (Lipinski definition) is 7. The number of benzene rings is 4. The number of aromatic nitrogens is 4. The Morgan fingerprint density at radius 2 is 1.59 bits per heavy atom. The van der Waals surface area contributed by atoms with E-state index in [1.54, 1.807) is 17.7 Å². The lowest BCUT2D eigenvalue weighted by Crippen LogP contribution is -2.43. The molecule has 1 unspecified atom stereocenters. The van der Waals surface area contributed by atoms with Crippen LogP contribution in [0.25, 0.3) is 32.9 Å². The van der Waals surface area contributed by atoms with Gasteiger partial charge >= 0.3 is 5.97 Å². The van der Waals surface area contributed by atoms with E-state index in [1.165, 1.54) is 0 Å². The van der Waals surface area contributed by atoms with E-state index < -0.39 is 5.97 Å². The van der Waals surface area contributed by atoms with Crippen molar-refractivity contribution in [2.45, 2.75) is 80.2 Å². The monoisotopic (exact) mass is 887 g/mol. The normalized spacial score (nSPS) is 14.0. The van der Waals surface area contributed by atoms with Crippen LogP contribution in [-0.2, 0) is 35.7 Å². The number of carbonyl (C=O) groups is 2. The van der Waals surface area contributed by atoms with Crippen molar-refractivity contribution < 1.29 is 28.9 Å². The minimum Gasteiger partial charge on any atom is -0.494 e. The topological polar surface area (TPSA) is 121 Å². The van der Waals surface area contributed by atoms with Gasteiger partial charge in [0, 0.05) is 64.6 Å². The van der Waals surface area contributed by atoms with E-state index in [4.69, 9.17) is 47.4 Å². The standard InChI is InChI=1S/C50H51Cl2N5O6/c1-28-20-35-24-41(50(59)60)55(17-19-61-7)46(35)40(21-28)56-25-31(4)57-47-38(37(48(57)49(56)58)14-11-18-63-36-22-29(2)45(52)30(3)23-36)15-16-39(51)44(47)43-32(5)53-42(54-33(43)6)27-62-26-34-12-9-8-10-13-34/h8-10,12-13,15-16,20-24,31H,11,14,17-19,25-27H2,1-7H3,(H,59,60). The van der Waals surface area contributed by atoms with Crippen molar-refractivity contribution in [3.8, 4) is 16.9 Å². The van der Waals surface area contributed by atoms with Crippen molar-refractivity contribution in [3.05, 3.63) is 139 Å². The number of methoxy groups -OCH3 is 1. The number of amides is 1. The summed E-state index contributed by atoms with van der Waals surface area (Å²) in [5.41, 5.74) is 10.6. The van der Waals surface area contributed by atoms with Crippen LogP contribution in [0.15, 0.2) is 72.8 Å². The number of carboxylic acid groups (broad SMARTS) is 1. The predicted molar refractivity (Wildman–Crippen MR) is 249 cm³/mol. The molecule has 326 valence electrons. The molecule has 63 heavy (non-hydrogen) atoms. The van der Waals surface area contributed by atoms with Gasteiger partial charge in [-0.1, -0.05) is 59.6 Å². The molecule has 1 aliphatic rings. The summed E-state index contributed by atoms with van der Waals surface area (Å²) in [5, 5.41) is 13.2. The molecule has 0 spiro atoms. The molecule has 11 nitrogen and oxygen atoms in total. The number of aryl methyl sites for hydroxylation is 6. The lowest BCUT2D eigenvalue weighted by atomic mass is 9.97. The summed E-state index contributed by atoms with van der Waals surface area (Å²) in [5.74, 6) is 0.0696. The molecule has 1 amide bonds. The van der Waals surface area contributed by atoms with Gasteiger partial charge in [-0.3, -0.25) is 4.79 Å². The highest BCUT2D eigenvalue weighted by molar-refractivity contribution is 6.35. The van der Waals surface area contributed by atoms with Gasteiger partial charge in [0.1, 0.15) is 23.7 Å². The van der Waals surface area contributed by atoms with Crippen molar-refractivity contribution in [1.29, 1.82) is 0 Å². The maximum absolute atomic E-state index is 15.5. The van der Waals surface area contributed by atoms with E-state index in [2.05, 4.69) is 11.5 Å². The van der Waals surface area contributed by atoms with Gasteiger partial charge in [-0.05, 0) is 119 Å². The Labute approximate surface area is 377 Å². The highest BCUT2D eigenvalue weighted by atomic mass is 35.5. The molecule has 7 aromatic rings. The largest absolute Gasteiger partial charge is 0.494 e. The van der Waals surface area contributed by atoms with Crippen LogP contribution in [-0.4, -0.2) is 63.0 Å².